The van der Waals surface area contributed by atoms with Crippen LogP contribution in [-0.2, 0) is 4.74 Å². The Morgan fingerprint density at radius 2 is 2.00 bits per heavy atom. The molecule has 126 valence electrons. The Morgan fingerprint density at radius 3 is 2.71 bits per heavy atom. The van der Waals surface area contributed by atoms with E-state index in [0.29, 0.717) is 28.2 Å². The van der Waals surface area contributed by atoms with Crippen LogP contribution in [-0.4, -0.2) is 52.0 Å². The first-order valence-electron chi connectivity index (χ1n) is 8.22. The Bertz CT molecular complexity index is 787. The molecular weight excluding hydrogens is 310 g/mol. The van der Waals surface area contributed by atoms with Crippen molar-refractivity contribution in [2.75, 3.05) is 19.8 Å². The van der Waals surface area contributed by atoms with Crippen molar-refractivity contribution in [1.29, 1.82) is 0 Å². The summed E-state index contributed by atoms with van der Waals surface area (Å²) >= 11 is 0. The lowest BCUT2D eigenvalue weighted by Crippen LogP contribution is -2.50. The first-order valence-corrected chi connectivity index (χ1v) is 8.22. The molecule has 0 spiro atoms. The molecule has 0 bridgehead atoms. The molecule has 2 aromatic heterocycles. The lowest BCUT2D eigenvalue weighted by atomic mass is 10.1. The number of aromatic nitrogens is 3. The molecule has 1 saturated heterocycles. The third-order valence-electron chi connectivity index (χ3n) is 4.68. The molecule has 0 radical (unpaired) electrons. The van der Waals surface area contributed by atoms with Crippen LogP contribution in [0.1, 0.15) is 31.4 Å². The van der Waals surface area contributed by atoms with E-state index in [1.54, 1.807) is 6.07 Å². The quantitative estimate of drug-likeness (QED) is 0.800. The summed E-state index contributed by atoms with van der Waals surface area (Å²) in [6, 6.07) is 2.13. The van der Waals surface area contributed by atoms with Gasteiger partial charge in [-0.05, 0) is 13.8 Å². The van der Waals surface area contributed by atoms with Gasteiger partial charge in [0.15, 0.2) is 0 Å². The van der Waals surface area contributed by atoms with E-state index in [2.05, 4.69) is 22.3 Å². The maximum absolute atomic E-state index is 5.86. The third kappa shape index (κ3) is 2.38. The molecule has 0 aliphatic carbocycles. The molecule has 1 atom stereocenters. The summed E-state index contributed by atoms with van der Waals surface area (Å²) < 4.78 is 17.1. The highest BCUT2D eigenvalue weighted by molar-refractivity contribution is 5.82. The van der Waals surface area contributed by atoms with Crippen LogP contribution in [0, 0.1) is 6.92 Å². The molecule has 2 aromatic rings. The number of hydrogen-bond acceptors (Lipinski definition) is 7. The fourth-order valence-corrected chi connectivity index (χ4v) is 3.46. The second kappa shape index (κ2) is 5.95. The van der Waals surface area contributed by atoms with Crippen molar-refractivity contribution < 1.29 is 18.3 Å². The number of quaternary nitrogens is 1. The standard InChI is InChI=1S/C16H20N5O3/c1-3-21(12-5-8-22-9-6-12)13(4-7-17-21)15-18-19-16(23-15)14-10-11(2)20-24-14/h4,7,10,12H,3,5-6,8-9H2,1-2H3/q+1. The van der Waals surface area contributed by atoms with Crippen LogP contribution in [0.5, 0.6) is 0 Å². The second-order valence-electron chi connectivity index (χ2n) is 6.05. The molecule has 0 saturated carbocycles. The van der Waals surface area contributed by atoms with Crippen LogP contribution >= 0.6 is 0 Å². The molecule has 4 rings (SSSR count). The summed E-state index contributed by atoms with van der Waals surface area (Å²) in [7, 11) is 0. The van der Waals surface area contributed by atoms with Crippen molar-refractivity contribution in [2.45, 2.75) is 32.7 Å². The van der Waals surface area contributed by atoms with Gasteiger partial charge in [0.1, 0.15) is 12.6 Å². The minimum Gasteiger partial charge on any atom is -0.409 e. The molecule has 4 heterocycles. The predicted octanol–water partition coefficient (Wildman–Crippen LogP) is 2.39. The minimum atomic E-state index is 0.333. The first-order chi connectivity index (χ1) is 11.7. The maximum atomic E-state index is 5.86. The number of ether oxygens (including phenoxy) is 1. The molecule has 24 heavy (non-hydrogen) atoms. The van der Waals surface area contributed by atoms with E-state index in [-0.39, 0.29) is 0 Å². The average molecular weight is 330 g/mol. The first kappa shape index (κ1) is 15.2. The van der Waals surface area contributed by atoms with Gasteiger partial charge in [-0.3, -0.25) is 0 Å². The number of allylic oxidation sites excluding steroid dienone is 1. The van der Waals surface area contributed by atoms with E-state index in [9.17, 15) is 0 Å². The Morgan fingerprint density at radius 1 is 1.21 bits per heavy atom. The highest BCUT2D eigenvalue weighted by Crippen LogP contribution is 2.38. The summed E-state index contributed by atoms with van der Waals surface area (Å²) in [4.78, 5) is 0. The highest BCUT2D eigenvalue weighted by Gasteiger charge is 2.46. The Kier molecular flexibility index (Phi) is 3.78. The highest BCUT2D eigenvalue weighted by atomic mass is 16.5. The van der Waals surface area contributed by atoms with Gasteiger partial charge in [-0.25, -0.2) is 0 Å². The normalized spacial score (nSPS) is 24.5. The summed E-state index contributed by atoms with van der Waals surface area (Å²) in [6.45, 7) is 6.33. The molecule has 8 nitrogen and oxygen atoms in total. The molecule has 2 aliphatic heterocycles. The largest absolute Gasteiger partial charge is 0.409 e. The van der Waals surface area contributed by atoms with Gasteiger partial charge in [-0.2, -0.15) is 4.59 Å². The van der Waals surface area contributed by atoms with Gasteiger partial charge in [0.2, 0.25) is 11.5 Å². The lowest BCUT2D eigenvalue weighted by molar-refractivity contribution is -0.890. The summed E-state index contributed by atoms with van der Waals surface area (Å²) in [5, 5.41) is 16.9. The SMILES string of the molecule is CC[N+]1(C2CCOCC2)N=CC=C1c1nnc(-c2cc(C)no2)o1. The Hall–Kier alpha value is -2.32. The van der Waals surface area contributed by atoms with E-state index >= 15 is 0 Å². The minimum absolute atomic E-state index is 0.333. The third-order valence-corrected chi connectivity index (χ3v) is 4.68. The molecule has 2 aliphatic rings. The molecular formula is C16H20N5O3+. The van der Waals surface area contributed by atoms with E-state index in [1.807, 2.05) is 19.2 Å². The Labute approximate surface area is 139 Å². The van der Waals surface area contributed by atoms with Crippen molar-refractivity contribution in [1.82, 2.24) is 15.4 Å². The smallest absolute Gasteiger partial charge is 0.305 e. The Balaban J connectivity index is 1.66. The maximum Gasteiger partial charge on any atom is 0.305 e. The van der Waals surface area contributed by atoms with Crippen LogP contribution in [0.2, 0.25) is 0 Å². The van der Waals surface area contributed by atoms with Gasteiger partial charge in [0.25, 0.3) is 5.89 Å². The lowest BCUT2D eigenvalue weighted by Gasteiger charge is -2.38. The van der Waals surface area contributed by atoms with Gasteiger partial charge in [-0.1, -0.05) is 10.3 Å². The molecule has 1 fully saturated rings. The number of aryl methyl sites for hydroxylation is 1. The number of hydrogen-bond donors (Lipinski definition) is 0. The van der Waals surface area contributed by atoms with Gasteiger partial charge >= 0.3 is 5.89 Å². The van der Waals surface area contributed by atoms with Crippen LogP contribution in [0.15, 0.2) is 26.2 Å². The molecule has 0 aromatic carbocycles. The zero-order valence-electron chi connectivity index (χ0n) is 13.8. The summed E-state index contributed by atoms with van der Waals surface area (Å²) in [5.41, 5.74) is 1.70. The molecule has 8 heteroatoms. The van der Waals surface area contributed by atoms with E-state index in [0.717, 1.165) is 44.0 Å². The van der Waals surface area contributed by atoms with Gasteiger partial charge in [-0.15, -0.1) is 10.2 Å². The van der Waals surface area contributed by atoms with Crippen molar-refractivity contribution in [3.8, 4) is 11.7 Å². The second-order valence-corrected chi connectivity index (χ2v) is 6.05. The fraction of sp³-hybridized carbons (Fsp3) is 0.500. The zero-order valence-corrected chi connectivity index (χ0v) is 13.8. The van der Waals surface area contributed by atoms with Crippen molar-refractivity contribution >= 4 is 11.9 Å². The zero-order chi connectivity index (χ0) is 16.6. The average Bonchev–Trinajstić information content (AvgIpc) is 3.34. The predicted molar refractivity (Wildman–Crippen MR) is 85.6 cm³/mol. The van der Waals surface area contributed by atoms with Crippen molar-refractivity contribution in [3.63, 3.8) is 0 Å². The molecule has 1 unspecified atom stereocenters. The fourth-order valence-electron chi connectivity index (χ4n) is 3.46. The molecule has 0 N–H and O–H groups in total. The van der Waals surface area contributed by atoms with E-state index in [1.165, 1.54) is 0 Å². The van der Waals surface area contributed by atoms with Gasteiger partial charge in [0.05, 0.1) is 25.1 Å². The van der Waals surface area contributed by atoms with Crippen LogP contribution in [0.25, 0.3) is 17.3 Å². The summed E-state index contributed by atoms with van der Waals surface area (Å²) in [6.07, 6.45) is 5.72. The topological polar surface area (TPSA) is 86.5 Å². The van der Waals surface area contributed by atoms with E-state index < -0.39 is 0 Å². The van der Waals surface area contributed by atoms with Gasteiger partial charge in [0, 0.05) is 25.0 Å². The summed E-state index contributed by atoms with van der Waals surface area (Å²) in [5.74, 6) is 1.29. The van der Waals surface area contributed by atoms with Crippen molar-refractivity contribution in [2.24, 2.45) is 5.10 Å². The monoisotopic (exact) mass is 330 g/mol. The van der Waals surface area contributed by atoms with Crippen LogP contribution in [0.4, 0.5) is 0 Å². The van der Waals surface area contributed by atoms with Gasteiger partial charge < -0.3 is 13.7 Å². The molecule has 0 amide bonds. The van der Waals surface area contributed by atoms with E-state index in [4.69, 9.17) is 18.8 Å². The number of rotatable bonds is 4. The van der Waals surface area contributed by atoms with Crippen LogP contribution < -0.4 is 0 Å². The van der Waals surface area contributed by atoms with Crippen LogP contribution in [0.3, 0.4) is 0 Å². The van der Waals surface area contributed by atoms with Crippen molar-refractivity contribution in [3.05, 3.63) is 23.7 Å². The number of nitrogens with zero attached hydrogens (tertiary/aromatic N) is 5.